The number of esters is 1. The topological polar surface area (TPSA) is 46.5 Å². The van der Waals surface area contributed by atoms with Crippen molar-refractivity contribution >= 4 is 5.97 Å². The molecule has 1 heterocycles. The Labute approximate surface area is 170 Å². The average molecular weight is 387 g/mol. The molecule has 3 aliphatic rings. The Morgan fingerprint density at radius 2 is 2.00 bits per heavy atom. The number of carbonyl (C=O) groups is 1. The molecule has 0 radical (unpaired) electrons. The van der Waals surface area contributed by atoms with Gasteiger partial charge in [-0.05, 0) is 81.0 Å². The molecule has 3 rings (SSSR count). The Morgan fingerprint density at radius 3 is 2.64 bits per heavy atom. The molecule has 1 fully saturated rings. The number of fused-ring (bicyclic) bond motifs is 1. The van der Waals surface area contributed by atoms with E-state index in [4.69, 9.17) is 4.74 Å². The molecule has 2 aliphatic carbocycles. The van der Waals surface area contributed by atoms with E-state index in [1.54, 1.807) is 5.57 Å². The Kier molecular flexibility index (Phi) is 5.96. The molecule has 1 aliphatic heterocycles. The third kappa shape index (κ3) is 3.87. The number of allylic oxidation sites excluding steroid dienone is 3. The molecule has 0 aromatic rings. The summed E-state index contributed by atoms with van der Waals surface area (Å²) >= 11 is 0. The highest BCUT2D eigenvalue weighted by Crippen LogP contribution is 2.65. The number of aliphatic hydroxyl groups is 1. The molecule has 0 aromatic carbocycles. The van der Waals surface area contributed by atoms with Crippen molar-refractivity contribution in [2.75, 3.05) is 0 Å². The van der Waals surface area contributed by atoms with Crippen LogP contribution < -0.4 is 0 Å². The van der Waals surface area contributed by atoms with Gasteiger partial charge in [-0.1, -0.05) is 44.4 Å². The molecule has 0 saturated heterocycles. The van der Waals surface area contributed by atoms with Crippen molar-refractivity contribution in [2.45, 2.75) is 98.2 Å². The van der Waals surface area contributed by atoms with Gasteiger partial charge in [0, 0.05) is 11.6 Å². The van der Waals surface area contributed by atoms with Crippen molar-refractivity contribution in [1.82, 2.24) is 0 Å². The van der Waals surface area contributed by atoms with Gasteiger partial charge in [0.1, 0.15) is 0 Å². The normalized spacial score (nSPS) is 37.8. The molecule has 28 heavy (non-hydrogen) atoms. The van der Waals surface area contributed by atoms with Crippen LogP contribution in [0.3, 0.4) is 0 Å². The lowest BCUT2D eigenvalue weighted by Gasteiger charge is -2.59. The number of hydrogen-bond acceptors (Lipinski definition) is 3. The number of carbonyl (C=O) groups excluding carboxylic acids is 1. The van der Waals surface area contributed by atoms with Crippen molar-refractivity contribution in [1.29, 1.82) is 0 Å². The highest BCUT2D eigenvalue weighted by Gasteiger charge is 2.54. The van der Waals surface area contributed by atoms with Crippen molar-refractivity contribution in [3.05, 3.63) is 35.5 Å². The van der Waals surface area contributed by atoms with E-state index < -0.39 is 12.3 Å². The van der Waals surface area contributed by atoms with Crippen LogP contribution in [0.4, 0.5) is 0 Å². The third-order valence-electron chi connectivity index (χ3n) is 8.17. The minimum Gasteiger partial charge on any atom is -0.429 e. The minimum atomic E-state index is -1.04. The highest BCUT2D eigenvalue weighted by molar-refractivity contribution is 5.85. The zero-order chi connectivity index (χ0) is 20.6. The van der Waals surface area contributed by atoms with Gasteiger partial charge < -0.3 is 9.84 Å². The fraction of sp³-hybridized carbons (Fsp3) is 0.720. The van der Waals surface area contributed by atoms with E-state index in [1.807, 2.05) is 0 Å². The lowest BCUT2D eigenvalue weighted by Crippen LogP contribution is -2.48. The fourth-order valence-electron chi connectivity index (χ4n) is 6.18. The Hall–Kier alpha value is -1.35. The van der Waals surface area contributed by atoms with Gasteiger partial charge >= 0.3 is 5.97 Å². The second-order valence-electron chi connectivity index (χ2n) is 10.3. The van der Waals surface area contributed by atoms with Crippen LogP contribution in [0.2, 0.25) is 0 Å². The maximum absolute atomic E-state index is 11.4. The van der Waals surface area contributed by atoms with Crippen molar-refractivity contribution < 1.29 is 14.6 Å². The zero-order valence-corrected chi connectivity index (χ0v) is 18.3. The standard InChI is InChI=1S/C25H38O3/c1-18(2)9-6-12-23(3)13-8-15-25(5)20(23)10-7-14-24(25,4)16-11-19-17-21(26)28-22(19)27/h10,17,22,27H,1,6-9,11-16H2,2-5H3. The molecule has 0 bridgehead atoms. The van der Waals surface area contributed by atoms with E-state index in [1.165, 1.54) is 50.2 Å². The minimum absolute atomic E-state index is 0.180. The first-order valence-corrected chi connectivity index (χ1v) is 11.0. The molecule has 156 valence electrons. The molecule has 4 unspecified atom stereocenters. The summed E-state index contributed by atoms with van der Waals surface area (Å²) in [6, 6.07) is 0. The Morgan fingerprint density at radius 1 is 1.25 bits per heavy atom. The first-order chi connectivity index (χ1) is 13.1. The van der Waals surface area contributed by atoms with Crippen molar-refractivity contribution in [3.63, 3.8) is 0 Å². The molecule has 3 heteroatoms. The maximum atomic E-state index is 11.4. The summed E-state index contributed by atoms with van der Waals surface area (Å²) in [4.78, 5) is 11.4. The van der Waals surface area contributed by atoms with E-state index in [9.17, 15) is 9.90 Å². The smallest absolute Gasteiger partial charge is 0.333 e. The number of rotatable bonds is 7. The molecule has 1 N–H and O–H groups in total. The third-order valence-corrected chi connectivity index (χ3v) is 8.17. The number of cyclic esters (lactones) is 1. The summed E-state index contributed by atoms with van der Waals surface area (Å²) in [5, 5.41) is 9.96. The van der Waals surface area contributed by atoms with Gasteiger partial charge in [-0.15, -0.1) is 6.58 Å². The summed E-state index contributed by atoms with van der Waals surface area (Å²) in [6.07, 6.45) is 14.4. The van der Waals surface area contributed by atoms with Crippen molar-refractivity contribution in [3.8, 4) is 0 Å². The van der Waals surface area contributed by atoms with Crippen LogP contribution in [0.1, 0.15) is 91.9 Å². The molecular formula is C25H38O3. The monoisotopic (exact) mass is 386 g/mol. The highest BCUT2D eigenvalue weighted by atomic mass is 16.6. The number of aliphatic hydroxyl groups excluding tert-OH is 1. The number of hydrogen-bond donors (Lipinski definition) is 1. The first-order valence-electron chi connectivity index (χ1n) is 11.0. The summed E-state index contributed by atoms with van der Waals surface area (Å²) in [5.41, 5.74) is 4.36. The largest absolute Gasteiger partial charge is 0.429 e. The first kappa shape index (κ1) is 21.4. The SMILES string of the molecule is C=C(C)CCCC1(C)CCCC2(C)C1=CCCC2(C)CCC1=CC(=O)OC1O. The van der Waals surface area contributed by atoms with Gasteiger partial charge in [0.25, 0.3) is 0 Å². The van der Waals surface area contributed by atoms with Crippen LogP contribution in [-0.2, 0) is 9.53 Å². The molecule has 4 atom stereocenters. The summed E-state index contributed by atoms with van der Waals surface area (Å²) in [5.74, 6) is -0.411. The lowest BCUT2D eigenvalue weighted by molar-refractivity contribution is -0.151. The van der Waals surface area contributed by atoms with E-state index in [-0.39, 0.29) is 16.2 Å². The maximum Gasteiger partial charge on any atom is 0.333 e. The second-order valence-corrected chi connectivity index (χ2v) is 10.3. The molecular weight excluding hydrogens is 348 g/mol. The molecule has 0 spiro atoms. The average Bonchev–Trinajstić information content (AvgIpc) is 2.92. The summed E-state index contributed by atoms with van der Waals surface area (Å²) in [6.45, 7) is 13.6. The van der Waals surface area contributed by atoms with Gasteiger partial charge in [-0.25, -0.2) is 4.79 Å². The fourth-order valence-corrected chi connectivity index (χ4v) is 6.18. The zero-order valence-electron chi connectivity index (χ0n) is 18.3. The predicted molar refractivity (Wildman–Crippen MR) is 114 cm³/mol. The molecule has 0 aromatic heterocycles. The Balaban J connectivity index is 1.78. The quantitative estimate of drug-likeness (QED) is 0.416. The van der Waals surface area contributed by atoms with E-state index in [2.05, 4.69) is 40.3 Å². The number of ether oxygens (including phenoxy) is 1. The van der Waals surface area contributed by atoms with E-state index >= 15 is 0 Å². The van der Waals surface area contributed by atoms with Gasteiger partial charge in [0.05, 0.1) is 0 Å². The van der Waals surface area contributed by atoms with Crippen molar-refractivity contribution in [2.24, 2.45) is 16.2 Å². The Bertz CT molecular complexity index is 703. The predicted octanol–water partition coefficient (Wildman–Crippen LogP) is 6.24. The van der Waals surface area contributed by atoms with Crippen LogP contribution in [0.25, 0.3) is 0 Å². The van der Waals surface area contributed by atoms with E-state index in [0.29, 0.717) is 0 Å². The lowest BCUT2D eigenvalue weighted by atomic mass is 9.46. The van der Waals surface area contributed by atoms with Crippen LogP contribution in [0.5, 0.6) is 0 Å². The van der Waals surface area contributed by atoms with Crippen LogP contribution in [0.15, 0.2) is 35.5 Å². The molecule has 1 saturated carbocycles. The van der Waals surface area contributed by atoms with Gasteiger partial charge in [-0.3, -0.25) is 0 Å². The van der Waals surface area contributed by atoms with E-state index in [0.717, 1.165) is 31.3 Å². The van der Waals surface area contributed by atoms with Crippen LogP contribution in [-0.4, -0.2) is 17.4 Å². The van der Waals surface area contributed by atoms with Crippen LogP contribution in [0, 0.1) is 16.2 Å². The summed E-state index contributed by atoms with van der Waals surface area (Å²) < 4.78 is 4.88. The van der Waals surface area contributed by atoms with Crippen LogP contribution >= 0.6 is 0 Å². The molecule has 3 nitrogen and oxygen atoms in total. The van der Waals surface area contributed by atoms with Gasteiger partial charge in [-0.2, -0.15) is 0 Å². The summed E-state index contributed by atoms with van der Waals surface area (Å²) in [7, 11) is 0. The second kappa shape index (κ2) is 7.82. The van der Waals surface area contributed by atoms with Gasteiger partial charge in [0.2, 0.25) is 6.29 Å². The van der Waals surface area contributed by atoms with Gasteiger partial charge in [0.15, 0.2) is 0 Å². The molecule has 0 amide bonds.